The van der Waals surface area contributed by atoms with E-state index in [1.165, 1.54) is 4.90 Å². The Kier molecular flexibility index (Phi) is 4.15. The Morgan fingerprint density at radius 3 is 2.40 bits per heavy atom. The largest absolute Gasteiger partial charge is 0.443 e. The summed E-state index contributed by atoms with van der Waals surface area (Å²) in [5.41, 5.74) is 3.83. The minimum Gasteiger partial charge on any atom is -0.443 e. The molecule has 1 aliphatic rings. The maximum atomic E-state index is 13.2. The number of carbonyl (C=O) groups is 2. The number of imide groups is 1. The van der Waals surface area contributed by atoms with Crippen LogP contribution in [0.25, 0.3) is 0 Å². The van der Waals surface area contributed by atoms with E-state index in [4.69, 9.17) is 4.74 Å². The zero-order valence-electron chi connectivity index (χ0n) is 15.3. The summed E-state index contributed by atoms with van der Waals surface area (Å²) in [4.78, 5) is 27.0. The number of benzene rings is 2. The van der Waals surface area contributed by atoms with Crippen LogP contribution in [-0.2, 0) is 9.53 Å². The normalized spacial score (nSPS) is 16.8. The first-order valence-electron chi connectivity index (χ1n) is 8.42. The number of nitrogens with zero attached hydrogens (tertiary/aromatic N) is 1. The zero-order valence-corrected chi connectivity index (χ0v) is 15.3. The predicted octanol–water partition coefficient (Wildman–Crippen LogP) is 4.72. The van der Waals surface area contributed by atoms with Gasteiger partial charge in [-0.1, -0.05) is 42.0 Å². The number of aryl methyl sites for hydroxylation is 2. The van der Waals surface area contributed by atoms with Gasteiger partial charge in [0.15, 0.2) is 0 Å². The van der Waals surface area contributed by atoms with Crippen LogP contribution in [0.3, 0.4) is 0 Å². The van der Waals surface area contributed by atoms with Crippen molar-refractivity contribution in [2.45, 2.75) is 46.1 Å². The molecule has 2 amide bonds. The molecular formula is C21H23NO3. The van der Waals surface area contributed by atoms with Crippen molar-refractivity contribution in [1.82, 2.24) is 0 Å². The van der Waals surface area contributed by atoms with E-state index >= 15 is 0 Å². The second kappa shape index (κ2) is 6.03. The van der Waals surface area contributed by atoms with Crippen LogP contribution in [0.2, 0.25) is 0 Å². The summed E-state index contributed by atoms with van der Waals surface area (Å²) in [6.07, 6.45) is -0.627. The Morgan fingerprint density at radius 1 is 1.04 bits per heavy atom. The summed E-state index contributed by atoms with van der Waals surface area (Å²) in [6, 6.07) is 13.5. The molecule has 0 saturated heterocycles. The van der Waals surface area contributed by atoms with Gasteiger partial charge in [0.05, 0.1) is 11.6 Å². The second-order valence-corrected chi connectivity index (χ2v) is 7.51. The highest BCUT2D eigenvalue weighted by Gasteiger charge is 2.43. The van der Waals surface area contributed by atoms with E-state index in [1.54, 1.807) is 26.8 Å². The summed E-state index contributed by atoms with van der Waals surface area (Å²) in [6.45, 7) is 9.36. The molecule has 1 unspecified atom stereocenters. The molecule has 1 atom stereocenters. The molecule has 0 fully saturated rings. The molecular weight excluding hydrogens is 314 g/mol. The Bertz CT molecular complexity index is 848. The van der Waals surface area contributed by atoms with Gasteiger partial charge in [0.2, 0.25) is 5.91 Å². The van der Waals surface area contributed by atoms with Crippen molar-refractivity contribution in [3.8, 4) is 0 Å². The van der Waals surface area contributed by atoms with Crippen molar-refractivity contribution in [3.63, 3.8) is 0 Å². The van der Waals surface area contributed by atoms with Gasteiger partial charge < -0.3 is 4.74 Å². The van der Waals surface area contributed by atoms with E-state index in [-0.39, 0.29) is 5.91 Å². The summed E-state index contributed by atoms with van der Waals surface area (Å²) in [5, 5.41) is 0. The summed E-state index contributed by atoms with van der Waals surface area (Å²) >= 11 is 0. The molecule has 0 saturated carbocycles. The van der Waals surface area contributed by atoms with Crippen LogP contribution in [0.5, 0.6) is 0 Å². The first-order chi connectivity index (χ1) is 11.7. The molecule has 4 nitrogen and oxygen atoms in total. The van der Waals surface area contributed by atoms with Gasteiger partial charge in [-0.15, -0.1) is 0 Å². The fraction of sp³-hybridized carbons (Fsp3) is 0.333. The third-order valence-electron chi connectivity index (χ3n) is 4.28. The highest BCUT2D eigenvalue weighted by molar-refractivity contribution is 6.20. The van der Waals surface area contributed by atoms with Crippen molar-refractivity contribution < 1.29 is 14.3 Å². The third-order valence-corrected chi connectivity index (χ3v) is 4.28. The maximum absolute atomic E-state index is 13.2. The van der Waals surface area contributed by atoms with E-state index in [1.807, 2.05) is 50.2 Å². The number of anilines is 1. The van der Waals surface area contributed by atoms with Gasteiger partial charge in [-0.05, 0) is 57.4 Å². The van der Waals surface area contributed by atoms with Crippen LogP contribution in [0.4, 0.5) is 10.5 Å². The van der Waals surface area contributed by atoms with Crippen LogP contribution >= 0.6 is 0 Å². The first-order valence-corrected chi connectivity index (χ1v) is 8.42. The number of para-hydroxylation sites is 1. The smallest absolute Gasteiger partial charge is 0.421 e. The van der Waals surface area contributed by atoms with Crippen LogP contribution in [-0.4, -0.2) is 17.6 Å². The second-order valence-electron chi connectivity index (χ2n) is 7.51. The molecule has 0 spiro atoms. The summed E-state index contributed by atoms with van der Waals surface area (Å²) in [7, 11) is 0. The number of carbonyl (C=O) groups excluding carboxylic acids is 2. The Balaban J connectivity index is 2.10. The fourth-order valence-corrected chi connectivity index (χ4v) is 3.18. The lowest BCUT2D eigenvalue weighted by Gasteiger charge is -2.24. The monoisotopic (exact) mass is 337 g/mol. The van der Waals surface area contributed by atoms with Crippen molar-refractivity contribution in [2.75, 3.05) is 4.90 Å². The lowest BCUT2D eigenvalue weighted by Crippen LogP contribution is -2.39. The Hall–Kier alpha value is -2.62. The van der Waals surface area contributed by atoms with Crippen LogP contribution < -0.4 is 4.90 Å². The molecule has 4 heteroatoms. The lowest BCUT2D eigenvalue weighted by atomic mass is 9.88. The van der Waals surface area contributed by atoms with Crippen LogP contribution in [0, 0.1) is 13.8 Å². The fourth-order valence-electron chi connectivity index (χ4n) is 3.18. The van der Waals surface area contributed by atoms with Gasteiger partial charge in [-0.2, -0.15) is 0 Å². The topological polar surface area (TPSA) is 46.6 Å². The minimum atomic E-state index is -0.663. The summed E-state index contributed by atoms with van der Waals surface area (Å²) < 4.78 is 5.45. The zero-order chi connectivity index (χ0) is 18.4. The van der Waals surface area contributed by atoms with Crippen molar-refractivity contribution in [2.24, 2.45) is 0 Å². The molecule has 0 radical (unpaired) electrons. The molecule has 1 heterocycles. The van der Waals surface area contributed by atoms with E-state index in [0.717, 1.165) is 22.3 Å². The molecule has 2 aromatic rings. The van der Waals surface area contributed by atoms with Gasteiger partial charge >= 0.3 is 6.09 Å². The average Bonchev–Trinajstić information content (AvgIpc) is 2.80. The van der Waals surface area contributed by atoms with Crippen molar-refractivity contribution in [3.05, 3.63) is 64.7 Å². The molecule has 0 aromatic heterocycles. The Labute approximate surface area is 148 Å². The predicted molar refractivity (Wildman–Crippen MR) is 97.9 cm³/mol. The van der Waals surface area contributed by atoms with E-state index < -0.39 is 17.6 Å². The highest BCUT2D eigenvalue weighted by Crippen LogP contribution is 2.42. The number of fused-ring (bicyclic) bond motifs is 1. The molecule has 0 N–H and O–H groups in total. The van der Waals surface area contributed by atoms with E-state index in [2.05, 4.69) is 0 Å². The molecule has 0 aliphatic carbocycles. The van der Waals surface area contributed by atoms with E-state index in [9.17, 15) is 9.59 Å². The van der Waals surface area contributed by atoms with Gasteiger partial charge in [0.1, 0.15) is 5.60 Å². The standard InChI is InChI=1S/C21H23NO3/c1-13-10-11-14(2)16(12-13)18-15-8-6-7-9-17(15)22(19(18)23)20(24)25-21(3,4)5/h6-12,18H,1-5H3. The quantitative estimate of drug-likeness (QED) is 0.756. The van der Waals surface area contributed by atoms with Gasteiger partial charge in [-0.25, -0.2) is 9.69 Å². The number of rotatable bonds is 1. The maximum Gasteiger partial charge on any atom is 0.421 e. The first kappa shape index (κ1) is 17.2. The van der Waals surface area contributed by atoms with Crippen molar-refractivity contribution >= 4 is 17.7 Å². The molecule has 130 valence electrons. The van der Waals surface area contributed by atoms with Gasteiger partial charge in [0, 0.05) is 0 Å². The molecule has 0 bridgehead atoms. The number of hydrogen-bond acceptors (Lipinski definition) is 3. The summed E-state index contributed by atoms with van der Waals surface area (Å²) in [5.74, 6) is -0.743. The molecule has 25 heavy (non-hydrogen) atoms. The molecule has 2 aromatic carbocycles. The molecule has 1 aliphatic heterocycles. The SMILES string of the molecule is Cc1ccc(C)c(C2C(=O)N(C(=O)OC(C)(C)C)c3ccccc32)c1. The number of amides is 2. The average molecular weight is 337 g/mol. The highest BCUT2D eigenvalue weighted by atomic mass is 16.6. The van der Waals surface area contributed by atoms with Crippen LogP contribution in [0.15, 0.2) is 42.5 Å². The lowest BCUT2D eigenvalue weighted by molar-refractivity contribution is -0.118. The number of ether oxygens (including phenoxy) is 1. The van der Waals surface area contributed by atoms with Gasteiger partial charge in [0.25, 0.3) is 0 Å². The van der Waals surface area contributed by atoms with Crippen LogP contribution in [0.1, 0.15) is 48.9 Å². The van der Waals surface area contributed by atoms with Crippen molar-refractivity contribution in [1.29, 1.82) is 0 Å². The van der Waals surface area contributed by atoms with E-state index in [0.29, 0.717) is 5.69 Å². The Morgan fingerprint density at radius 2 is 1.72 bits per heavy atom. The molecule has 3 rings (SSSR count). The third kappa shape index (κ3) is 3.16. The number of hydrogen-bond donors (Lipinski definition) is 0. The van der Waals surface area contributed by atoms with Gasteiger partial charge in [-0.3, -0.25) is 4.79 Å². The minimum absolute atomic E-state index is 0.260.